The van der Waals surface area contributed by atoms with Gasteiger partial charge in [0.05, 0.1) is 13.6 Å². The predicted octanol–water partition coefficient (Wildman–Crippen LogP) is 1.08. The van der Waals surface area contributed by atoms with Gasteiger partial charge in [-0.3, -0.25) is 0 Å². The number of rotatable bonds is 3. The maximum atomic E-state index is 2.44. The number of likely N-dealkylation sites (N-methyl/N-ethyl adjacent to an activating group) is 1. The Kier molecular flexibility index (Phi) is 2.37. The molecule has 2 heteroatoms. The molecule has 3 fully saturated rings. The lowest BCUT2D eigenvalue weighted by Gasteiger charge is -2.54. The van der Waals surface area contributed by atoms with Crippen molar-refractivity contribution in [3.63, 3.8) is 0 Å². The van der Waals surface area contributed by atoms with Crippen LogP contribution in [0.1, 0.15) is 19.8 Å². The Balaban J connectivity index is 1.95. The summed E-state index contributed by atoms with van der Waals surface area (Å²) in [6.45, 7) is 12.4. The summed E-state index contributed by atoms with van der Waals surface area (Å²) in [6.07, 6.45) is 2.80. The van der Waals surface area contributed by atoms with Crippen molar-refractivity contribution in [2.75, 3.05) is 52.9 Å². The third kappa shape index (κ3) is 1.75. The molecule has 0 aromatic carbocycles. The summed E-state index contributed by atoms with van der Waals surface area (Å²) in [7, 11) is 2.44. The van der Waals surface area contributed by atoms with E-state index in [-0.39, 0.29) is 0 Å². The van der Waals surface area contributed by atoms with Gasteiger partial charge < -0.3 is 8.97 Å². The van der Waals surface area contributed by atoms with Crippen molar-refractivity contribution < 1.29 is 8.97 Å². The van der Waals surface area contributed by atoms with Crippen LogP contribution in [0.15, 0.2) is 0 Å². The first-order valence-electron chi connectivity index (χ1n) is 5.87. The van der Waals surface area contributed by atoms with Gasteiger partial charge in [-0.2, -0.15) is 0 Å². The van der Waals surface area contributed by atoms with E-state index >= 15 is 0 Å². The van der Waals surface area contributed by atoms with Crippen molar-refractivity contribution >= 4 is 0 Å². The standard InChI is InChI=1S/C11H24N2/c1-3-4-5-13-9-6-12(2,7-10-13)8-11-13/h3-11H2,1-2H3/q+2. The first kappa shape index (κ1) is 9.47. The minimum Gasteiger partial charge on any atom is -0.312 e. The summed E-state index contributed by atoms with van der Waals surface area (Å²) in [5, 5.41) is 0. The maximum absolute atomic E-state index is 2.44. The molecule has 3 saturated heterocycles. The predicted molar refractivity (Wildman–Crippen MR) is 55.4 cm³/mol. The van der Waals surface area contributed by atoms with Gasteiger partial charge >= 0.3 is 0 Å². The topological polar surface area (TPSA) is 0 Å². The van der Waals surface area contributed by atoms with E-state index in [0.29, 0.717) is 0 Å². The van der Waals surface area contributed by atoms with E-state index in [0.717, 1.165) is 0 Å². The highest BCUT2D eigenvalue weighted by atomic mass is 15.5. The zero-order valence-corrected chi connectivity index (χ0v) is 9.26. The molecule has 3 heterocycles. The lowest BCUT2D eigenvalue weighted by atomic mass is 10.1. The van der Waals surface area contributed by atoms with E-state index in [1.54, 1.807) is 0 Å². The molecule has 0 aromatic rings. The molecule has 0 unspecified atom stereocenters. The van der Waals surface area contributed by atoms with Crippen LogP contribution in [-0.2, 0) is 0 Å². The van der Waals surface area contributed by atoms with Gasteiger partial charge in [0.25, 0.3) is 0 Å². The summed E-state index contributed by atoms with van der Waals surface area (Å²) in [6, 6.07) is 0. The fraction of sp³-hybridized carbons (Fsp3) is 1.00. The second-order valence-corrected chi connectivity index (χ2v) is 5.38. The molecule has 0 amide bonds. The molecule has 0 spiro atoms. The molecule has 76 valence electrons. The summed E-state index contributed by atoms with van der Waals surface area (Å²) in [5.41, 5.74) is 0. The number of hydrogen-bond acceptors (Lipinski definition) is 0. The SMILES string of the molecule is CCCC[N+]12CC[N+](C)(CC1)CC2. The van der Waals surface area contributed by atoms with E-state index in [4.69, 9.17) is 0 Å². The number of piperazine rings is 3. The molecule has 0 aromatic heterocycles. The van der Waals surface area contributed by atoms with Gasteiger partial charge in [0.2, 0.25) is 0 Å². The molecular formula is C11H24N2+2. The smallest absolute Gasteiger partial charge is 0.129 e. The third-order valence-electron chi connectivity index (χ3n) is 4.33. The second kappa shape index (κ2) is 3.25. The highest BCUT2D eigenvalue weighted by Gasteiger charge is 2.45. The van der Waals surface area contributed by atoms with Crippen molar-refractivity contribution in [1.29, 1.82) is 0 Å². The molecule has 3 aliphatic heterocycles. The van der Waals surface area contributed by atoms with Crippen molar-refractivity contribution in [2.45, 2.75) is 19.8 Å². The van der Waals surface area contributed by atoms with Gasteiger partial charge in [0, 0.05) is 0 Å². The van der Waals surface area contributed by atoms with Crippen LogP contribution in [0.4, 0.5) is 0 Å². The summed E-state index contributed by atoms with van der Waals surface area (Å²) in [5.74, 6) is 0. The Hall–Kier alpha value is -0.0800. The molecule has 3 rings (SSSR count). The number of hydrogen-bond donors (Lipinski definition) is 0. The monoisotopic (exact) mass is 184 g/mol. The van der Waals surface area contributed by atoms with Gasteiger partial charge in [0.1, 0.15) is 39.3 Å². The Labute approximate surface area is 82.3 Å². The Morgan fingerprint density at radius 2 is 1.46 bits per heavy atom. The Bertz CT molecular complexity index is 158. The Morgan fingerprint density at radius 1 is 0.923 bits per heavy atom. The average Bonchev–Trinajstić information content (AvgIpc) is 2.18. The number of fused-ring (bicyclic) bond motifs is 3. The maximum Gasteiger partial charge on any atom is 0.129 e. The van der Waals surface area contributed by atoms with E-state index in [1.165, 1.54) is 67.6 Å². The summed E-state index contributed by atoms with van der Waals surface area (Å²) >= 11 is 0. The van der Waals surface area contributed by atoms with Gasteiger partial charge in [-0.15, -0.1) is 0 Å². The van der Waals surface area contributed by atoms with Crippen LogP contribution in [0.5, 0.6) is 0 Å². The Morgan fingerprint density at radius 3 is 1.92 bits per heavy atom. The minimum atomic E-state index is 1.37. The first-order valence-corrected chi connectivity index (χ1v) is 5.87. The summed E-state index contributed by atoms with van der Waals surface area (Å²) in [4.78, 5) is 0. The fourth-order valence-electron chi connectivity index (χ4n) is 2.86. The first-order chi connectivity index (χ1) is 6.18. The third-order valence-corrected chi connectivity index (χ3v) is 4.33. The van der Waals surface area contributed by atoms with E-state index in [2.05, 4.69) is 14.0 Å². The van der Waals surface area contributed by atoms with Crippen LogP contribution in [0, 0.1) is 0 Å². The van der Waals surface area contributed by atoms with Gasteiger partial charge in [0.15, 0.2) is 0 Å². The van der Waals surface area contributed by atoms with Crippen LogP contribution in [-0.4, -0.2) is 61.8 Å². The number of unbranched alkanes of at least 4 members (excludes halogenated alkanes) is 1. The number of nitrogens with zero attached hydrogens (tertiary/aromatic N) is 2. The zero-order chi connectivity index (χ0) is 9.36. The largest absolute Gasteiger partial charge is 0.312 e. The lowest BCUT2D eigenvalue weighted by Crippen LogP contribution is -2.73. The van der Waals surface area contributed by atoms with Crippen molar-refractivity contribution in [3.8, 4) is 0 Å². The molecular weight excluding hydrogens is 160 g/mol. The van der Waals surface area contributed by atoms with E-state index in [1.807, 2.05) is 0 Å². The van der Waals surface area contributed by atoms with Gasteiger partial charge in [-0.25, -0.2) is 0 Å². The van der Waals surface area contributed by atoms with Crippen LogP contribution < -0.4 is 0 Å². The zero-order valence-electron chi connectivity index (χ0n) is 9.26. The molecule has 0 radical (unpaired) electrons. The minimum absolute atomic E-state index is 1.37. The molecule has 3 aliphatic rings. The quantitative estimate of drug-likeness (QED) is 0.576. The lowest BCUT2D eigenvalue weighted by molar-refractivity contribution is -1.07. The van der Waals surface area contributed by atoms with Gasteiger partial charge in [-0.05, 0) is 6.42 Å². The average molecular weight is 184 g/mol. The molecule has 13 heavy (non-hydrogen) atoms. The molecule has 2 bridgehead atoms. The number of quaternary nitrogens is 2. The van der Waals surface area contributed by atoms with E-state index < -0.39 is 0 Å². The molecule has 2 nitrogen and oxygen atoms in total. The normalized spacial score (nSPS) is 43.8. The molecule has 0 saturated carbocycles. The highest BCUT2D eigenvalue weighted by Crippen LogP contribution is 2.24. The molecule has 0 N–H and O–H groups in total. The second-order valence-electron chi connectivity index (χ2n) is 5.38. The van der Waals surface area contributed by atoms with Crippen LogP contribution in [0.2, 0.25) is 0 Å². The summed E-state index contributed by atoms with van der Waals surface area (Å²) < 4.78 is 2.83. The van der Waals surface area contributed by atoms with Crippen LogP contribution >= 0.6 is 0 Å². The van der Waals surface area contributed by atoms with Crippen LogP contribution in [0.25, 0.3) is 0 Å². The van der Waals surface area contributed by atoms with Crippen molar-refractivity contribution in [3.05, 3.63) is 0 Å². The molecule has 0 atom stereocenters. The van der Waals surface area contributed by atoms with Crippen LogP contribution in [0.3, 0.4) is 0 Å². The van der Waals surface area contributed by atoms with E-state index in [9.17, 15) is 0 Å². The fourth-order valence-corrected chi connectivity index (χ4v) is 2.86. The highest BCUT2D eigenvalue weighted by molar-refractivity contribution is 4.59. The van der Waals surface area contributed by atoms with Gasteiger partial charge in [-0.1, -0.05) is 13.3 Å². The molecule has 0 aliphatic carbocycles. The van der Waals surface area contributed by atoms with Crippen molar-refractivity contribution in [1.82, 2.24) is 0 Å². The van der Waals surface area contributed by atoms with Crippen molar-refractivity contribution in [2.24, 2.45) is 0 Å².